The number of hydrogen-bond donors (Lipinski definition) is 0. The first-order valence-corrected chi connectivity index (χ1v) is 13.6. The van der Waals surface area contributed by atoms with Crippen LogP contribution in [0.1, 0.15) is 113 Å². The van der Waals surface area contributed by atoms with E-state index in [0.29, 0.717) is 21.7 Å². The summed E-state index contributed by atoms with van der Waals surface area (Å²) in [7, 11) is 0. The van der Waals surface area contributed by atoms with Crippen molar-refractivity contribution in [1.29, 1.82) is 0 Å². The maximum absolute atomic E-state index is 4.48. The van der Waals surface area contributed by atoms with Gasteiger partial charge in [0.15, 0.2) is 0 Å². The monoisotopic (exact) mass is 410 g/mol. The van der Waals surface area contributed by atoms with Crippen LogP contribution in [0.5, 0.6) is 0 Å². The molecule has 0 saturated heterocycles. The van der Waals surface area contributed by atoms with Gasteiger partial charge in [-0.3, -0.25) is 0 Å². The first-order chi connectivity index (χ1) is 13.9. The molecule has 10 unspecified atom stereocenters. The predicted octanol–water partition coefficient (Wildman–Crippen LogP) is 8.91. The molecule has 5 rings (SSSR count). The standard InChI is InChI=1S/C30H50/c1-19(2)21-12-15-28(6)16-13-23-22(26(21)28)9-10-25-29(23,7)18-14-24-27(4,5)20(3)11-17-30(24,25)8/h20-26H,1,9-18H2,2-8H3. The minimum absolute atomic E-state index is 0.521. The Bertz CT molecular complexity index is 716. The number of rotatable bonds is 1. The van der Waals surface area contributed by atoms with Gasteiger partial charge in [0, 0.05) is 0 Å². The first kappa shape index (κ1) is 21.6. The Labute approximate surface area is 188 Å². The summed E-state index contributed by atoms with van der Waals surface area (Å²) in [5.41, 5.74) is 3.80. The third-order valence-corrected chi connectivity index (χ3v) is 13.2. The van der Waals surface area contributed by atoms with Crippen molar-refractivity contribution in [2.75, 3.05) is 0 Å². The van der Waals surface area contributed by atoms with Gasteiger partial charge in [-0.15, -0.1) is 0 Å². The highest BCUT2D eigenvalue weighted by atomic mass is 14.7. The molecule has 0 amide bonds. The van der Waals surface area contributed by atoms with Gasteiger partial charge in [0.25, 0.3) is 0 Å². The van der Waals surface area contributed by atoms with Gasteiger partial charge in [0.1, 0.15) is 0 Å². The van der Waals surface area contributed by atoms with Gasteiger partial charge < -0.3 is 0 Å². The molecule has 0 aromatic carbocycles. The molecule has 0 heterocycles. The average Bonchev–Trinajstić information content (AvgIpc) is 3.03. The van der Waals surface area contributed by atoms with E-state index in [2.05, 4.69) is 55.0 Å². The van der Waals surface area contributed by atoms with Crippen LogP contribution in [-0.2, 0) is 0 Å². The molecule has 0 radical (unpaired) electrons. The molecule has 0 bridgehead atoms. The van der Waals surface area contributed by atoms with Crippen molar-refractivity contribution in [3.63, 3.8) is 0 Å². The number of hydrogen-bond acceptors (Lipinski definition) is 0. The Hall–Kier alpha value is -0.260. The molecule has 0 N–H and O–H groups in total. The second-order valence-electron chi connectivity index (χ2n) is 14.5. The average molecular weight is 411 g/mol. The molecule has 0 heteroatoms. The molecule has 0 spiro atoms. The van der Waals surface area contributed by atoms with Gasteiger partial charge in [-0.1, -0.05) is 53.7 Å². The SMILES string of the molecule is C=C(C)C1CCC2(C)CCC3C(CCC4C3(C)CCC3C(C)(C)C(C)CCC34C)C12. The van der Waals surface area contributed by atoms with Crippen LogP contribution in [0.4, 0.5) is 0 Å². The lowest BCUT2D eigenvalue weighted by Crippen LogP contribution is -2.62. The number of fused-ring (bicyclic) bond motifs is 7. The van der Waals surface area contributed by atoms with Gasteiger partial charge in [-0.2, -0.15) is 0 Å². The van der Waals surface area contributed by atoms with Crippen LogP contribution < -0.4 is 0 Å². The van der Waals surface area contributed by atoms with E-state index < -0.39 is 0 Å². The van der Waals surface area contributed by atoms with Crippen molar-refractivity contribution < 1.29 is 0 Å². The summed E-state index contributed by atoms with van der Waals surface area (Å²) in [6.07, 6.45) is 14.9. The van der Waals surface area contributed by atoms with Gasteiger partial charge in [0.2, 0.25) is 0 Å². The molecular weight excluding hydrogens is 360 g/mol. The fourth-order valence-corrected chi connectivity index (χ4v) is 11.4. The molecule has 10 atom stereocenters. The lowest BCUT2D eigenvalue weighted by molar-refractivity contribution is -0.204. The van der Waals surface area contributed by atoms with E-state index in [0.717, 1.165) is 41.4 Å². The highest BCUT2D eigenvalue weighted by Gasteiger charge is 2.66. The first-order valence-electron chi connectivity index (χ1n) is 13.6. The topological polar surface area (TPSA) is 0 Å². The fourth-order valence-electron chi connectivity index (χ4n) is 11.4. The molecule has 5 aliphatic rings. The smallest absolute Gasteiger partial charge is 0.0172 e. The summed E-state index contributed by atoms with van der Waals surface area (Å²) >= 11 is 0. The molecule has 5 aliphatic carbocycles. The summed E-state index contributed by atoms with van der Waals surface area (Å²) in [5, 5.41) is 0. The van der Waals surface area contributed by atoms with Gasteiger partial charge in [-0.25, -0.2) is 0 Å². The predicted molar refractivity (Wildman–Crippen MR) is 129 cm³/mol. The highest BCUT2D eigenvalue weighted by Crippen LogP contribution is 2.74. The fraction of sp³-hybridized carbons (Fsp3) is 0.933. The van der Waals surface area contributed by atoms with Crippen molar-refractivity contribution in [1.82, 2.24) is 0 Å². The van der Waals surface area contributed by atoms with Crippen LogP contribution in [0.2, 0.25) is 0 Å². The van der Waals surface area contributed by atoms with E-state index >= 15 is 0 Å². The van der Waals surface area contributed by atoms with Gasteiger partial charge >= 0.3 is 0 Å². The second kappa shape index (κ2) is 6.63. The van der Waals surface area contributed by atoms with E-state index in [9.17, 15) is 0 Å². The zero-order valence-electron chi connectivity index (χ0n) is 21.3. The van der Waals surface area contributed by atoms with Crippen molar-refractivity contribution >= 4 is 0 Å². The molecule has 0 aliphatic heterocycles. The van der Waals surface area contributed by atoms with Crippen molar-refractivity contribution in [3.05, 3.63) is 12.2 Å². The number of allylic oxidation sites excluding steroid dienone is 1. The second-order valence-corrected chi connectivity index (χ2v) is 14.5. The molecule has 0 aromatic rings. The van der Waals surface area contributed by atoms with Crippen molar-refractivity contribution in [3.8, 4) is 0 Å². The minimum Gasteiger partial charge on any atom is -0.0998 e. The quantitative estimate of drug-likeness (QED) is 0.378. The van der Waals surface area contributed by atoms with Crippen molar-refractivity contribution in [2.24, 2.45) is 63.1 Å². The lowest BCUT2D eigenvalue weighted by atomic mass is 9.35. The largest absolute Gasteiger partial charge is 0.0998 e. The molecular formula is C30H50. The van der Waals surface area contributed by atoms with E-state index in [1.165, 1.54) is 69.8 Å². The van der Waals surface area contributed by atoms with Crippen LogP contribution in [-0.4, -0.2) is 0 Å². The van der Waals surface area contributed by atoms with E-state index in [1.54, 1.807) is 0 Å². The zero-order chi connectivity index (χ0) is 21.7. The Morgan fingerprint density at radius 2 is 1.40 bits per heavy atom. The Morgan fingerprint density at radius 1 is 0.733 bits per heavy atom. The maximum Gasteiger partial charge on any atom is -0.0172 e. The van der Waals surface area contributed by atoms with Gasteiger partial charge in [-0.05, 0) is 134 Å². The third kappa shape index (κ3) is 2.64. The summed E-state index contributed by atoms with van der Waals surface area (Å²) in [6, 6.07) is 0. The molecule has 5 fully saturated rings. The van der Waals surface area contributed by atoms with Crippen LogP contribution >= 0.6 is 0 Å². The summed E-state index contributed by atoms with van der Waals surface area (Å²) in [6.45, 7) is 22.8. The normalized spacial score (nSPS) is 57.0. The Morgan fingerprint density at radius 3 is 2.10 bits per heavy atom. The molecule has 5 saturated carbocycles. The Kier molecular flexibility index (Phi) is 4.77. The summed E-state index contributed by atoms with van der Waals surface area (Å²) in [4.78, 5) is 0. The maximum atomic E-state index is 4.48. The molecule has 0 aromatic heterocycles. The van der Waals surface area contributed by atoms with E-state index in [4.69, 9.17) is 0 Å². The van der Waals surface area contributed by atoms with Crippen LogP contribution in [0.3, 0.4) is 0 Å². The molecule has 30 heavy (non-hydrogen) atoms. The van der Waals surface area contributed by atoms with Crippen molar-refractivity contribution in [2.45, 2.75) is 113 Å². The van der Waals surface area contributed by atoms with Crippen LogP contribution in [0.15, 0.2) is 12.2 Å². The summed E-state index contributed by atoms with van der Waals surface area (Å²) in [5.74, 6) is 6.49. The molecule has 0 nitrogen and oxygen atoms in total. The zero-order valence-corrected chi connectivity index (χ0v) is 21.3. The van der Waals surface area contributed by atoms with E-state index in [-0.39, 0.29) is 0 Å². The summed E-state index contributed by atoms with van der Waals surface area (Å²) < 4.78 is 0. The Balaban J connectivity index is 1.49. The molecule has 170 valence electrons. The third-order valence-electron chi connectivity index (χ3n) is 13.2. The minimum atomic E-state index is 0.521. The lowest BCUT2D eigenvalue weighted by Gasteiger charge is -2.69. The highest BCUT2D eigenvalue weighted by molar-refractivity contribution is 5.17. The van der Waals surface area contributed by atoms with Gasteiger partial charge in [0.05, 0.1) is 0 Å². The van der Waals surface area contributed by atoms with E-state index in [1.807, 2.05) is 0 Å². The van der Waals surface area contributed by atoms with Crippen LogP contribution in [0.25, 0.3) is 0 Å². The van der Waals surface area contributed by atoms with Crippen LogP contribution in [0, 0.1) is 63.1 Å².